The van der Waals surface area contributed by atoms with E-state index in [-0.39, 0.29) is 19.0 Å². The standard InChI is InChI=1S/C15H19N3O3/c1-2-5-12(15(20)21)8-16-14(19)10-18-13-7-4-3-6-11(13)9-17-18/h3-4,6-7,9,12H,2,5,8,10H2,1H3,(H,16,19)(H,20,21). The van der Waals surface area contributed by atoms with Crippen LogP contribution in [-0.2, 0) is 16.1 Å². The zero-order valence-electron chi connectivity index (χ0n) is 12.0. The van der Waals surface area contributed by atoms with Crippen molar-refractivity contribution < 1.29 is 14.7 Å². The van der Waals surface area contributed by atoms with Crippen molar-refractivity contribution in [3.63, 3.8) is 0 Å². The lowest BCUT2D eigenvalue weighted by molar-refractivity contribution is -0.141. The fourth-order valence-corrected chi connectivity index (χ4v) is 2.24. The van der Waals surface area contributed by atoms with Gasteiger partial charge in [0.25, 0.3) is 0 Å². The van der Waals surface area contributed by atoms with Crippen LogP contribution < -0.4 is 5.32 Å². The van der Waals surface area contributed by atoms with Crippen molar-refractivity contribution >= 4 is 22.8 Å². The summed E-state index contributed by atoms with van der Waals surface area (Å²) in [6.45, 7) is 2.17. The highest BCUT2D eigenvalue weighted by Gasteiger charge is 2.17. The van der Waals surface area contributed by atoms with Crippen LogP contribution in [0.15, 0.2) is 30.5 Å². The normalized spacial score (nSPS) is 12.2. The van der Waals surface area contributed by atoms with E-state index >= 15 is 0 Å². The van der Waals surface area contributed by atoms with Gasteiger partial charge in [0.05, 0.1) is 17.6 Å². The summed E-state index contributed by atoms with van der Waals surface area (Å²) in [6, 6.07) is 7.63. The van der Waals surface area contributed by atoms with E-state index in [9.17, 15) is 9.59 Å². The van der Waals surface area contributed by atoms with Gasteiger partial charge in [-0.3, -0.25) is 14.3 Å². The largest absolute Gasteiger partial charge is 0.481 e. The number of hydrogen-bond acceptors (Lipinski definition) is 3. The smallest absolute Gasteiger partial charge is 0.308 e. The third kappa shape index (κ3) is 3.81. The molecule has 21 heavy (non-hydrogen) atoms. The molecule has 0 spiro atoms. The number of para-hydroxylation sites is 1. The summed E-state index contributed by atoms with van der Waals surface area (Å²) in [7, 11) is 0. The molecule has 1 aromatic carbocycles. The van der Waals surface area contributed by atoms with Gasteiger partial charge < -0.3 is 10.4 Å². The summed E-state index contributed by atoms with van der Waals surface area (Å²) in [5, 5.41) is 16.9. The molecule has 1 amide bonds. The van der Waals surface area contributed by atoms with Crippen molar-refractivity contribution in [2.24, 2.45) is 5.92 Å². The molecule has 0 saturated heterocycles. The first-order valence-electron chi connectivity index (χ1n) is 7.02. The third-order valence-electron chi connectivity index (χ3n) is 3.38. The van der Waals surface area contributed by atoms with E-state index < -0.39 is 11.9 Å². The molecule has 6 nitrogen and oxygen atoms in total. The molecule has 0 saturated carbocycles. The quantitative estimate of drug-likeness (QED) is 0.811. The van der Waals surface area contributed by atoms with E-state index in [0.29, 0.717) is 6.42 Å². The zero-order valence-corrected chi connectivity index (χ0v) is 12.0. The van der Waals surface area contributed by atoms with E-state index in [2.05, 4.69) is 10.4 Å². The Labute approximate surface area is 122 Å². The Balaban J connectivity index is 1.94. The number of aliphatic carboxylic acids is 1. The lowest BCUT2D eigenvalue weighted by atomic mass is 10.0. The van der Waals surface area contributed by atoms with Gasteiger partial charge in [-0.1, -0.05) is 31.5 Å². The fraction of sp³-hybridized carbons (Fsp3) is 0.400. The maximum absolute atomic E-state index is 11.9. The SMILES string of the molecule is CCCC(CNC(=O)Cn1ncc2ccccc21)C(=O)O. The van der Waals surface area contributed by atoms with E-state index in [4.69, 9.17) is 5.11 Å². The van der Waals surface area contributed by atoms with Crippen LogP contribution in [0.3, 0.4) is 0 Å². The van der Waals surface area contributed by atoms with Crippen molar-refractivity contribution in [3.8, 4) is 0 Å². The van der Waals surface area contributed by atoms with Crippen LogP contribution in [0.4, 0.5) is 0 Å². The maximum atomic E-state index is 11.9. The summed E-state index contributed by atoms with van der Waals surface area (Å²) in [5.41, 5.74) is 0.885. The average Bonchev–Trinajstić information content (AvgIpc) is 2.86. The summed E-state index contributed by atoms with van der Waals surface area (Å²) >= 11 is 0. The molecule has 0 radical (unpaired) electrons. The summed E-state index contributed by atoms with van der Waals surface area (Å²) in [6.07, 6.45) is 3.04. The molecular formula is C15H19N3O3. The van der Waals surface area contributed by atoms with E-state index in [1.165, 1.54) is 0 Å². The number of carboxylic acid groups (broad SMARTS) is 1. The Morgan fingerprint density at radius 3 is 2.86 bits per heavy atom. The second kappa shape index (κ2) is 6.88. The van der Waals surface area contributed by atoms with Gasteiger partial charge in [0.2, 0.25) is 5.91 Å². The number of fused-ring (bicyclic) bond motifs is 1. The summed E-state index contributed by atoms with van der Waals surface area (Å²) < 4.78 is 1.61. The fourth-order valence-electron chi connectivity index (χ4n) is 2.24. The Morgan fingerprint density at radius 1 is 1.38 bits per heavy atom. The summed E-state index contributed by atoms with van der Waals surface area (Å²) in [5.74, 6) is -1.64. The first-order valence-corrected chi connectivity index (χ1v) is 7.02. The molecule has 0 aliphatic heterocycles. The van der Waals surface area contributed by atoms with Gasteiger partial charge in [0.1, 0.15) is 6.54 Å². The molecule has 1 aromatic heterocycles. The van der Waals surface area contributed by atoms with Gasteiger partial charge in [0, 0.05) is 11.9 Å². The molecule has 1 heterocycles. The number of nitrogens with zero attached hydrogens (tertiary/aromatic N) is 2. The predicted molar refractivity (Wildman–Crippen MR) is 78.8 cm³/mol. The Morgan fingerprint density at radius 2 is 2.14 bits per heavy atom. The number of carboxylic acids is 1. The van der Waals surface area contributed by atoms with E-state index in [1.807, 2.05) is 31.2 Å². The molecule has 112 valence electrons. The van der Waals surface area contributed by atoms with E-state index in [1.54, 1.807) is 10.9 Å². The number of carbonyl (C=O) groups is 2. The second-order valence-corrected chi connectivity index (χ2v) is 4.99. The van der Waals surface area contributed by atoms with Gasteiger partial charge in [-0.15, -0.1) is 0 Å². The number of amides is 1. The highest BCUT2D eigenvalue weighted by Crippen LogP contribution is 2.12. The molecule has 1 atom stereocenters. The van der Waals surface area contributed by atoms with Crippen LogP contribution in [0.1, 0.15) is 19.8 Å². The lowest BCUT2D eigenvalue weighted by Crippen LogP contribution is -2.35. The third-order valence-corrected chi connectivity index (χ3v) is 3.38. The molecule has 2 aromatic rings. The van der Waals surface area contributed by atoms with Crippen LogP contribution in [-0.4, -0.2) is 33.3 Å². The molecule has 6 heteroatoms. The Hall–Kier alpha value is -2.37. The molecule has 1 unspecified atom stereocenters. The van der Waals surface area contributed by atoms with Crippen LogP contribution in [0.2, 0.25) is 0 Å². The van der Waals surface area contributed by atoms with Crippen LogP contribution >= 0.6 is 0 Å². The van der Waals surface area contributed by atoms with Crippen molar-refractivity contribution in [2.45, 2.75) is 26.3 Å². The van der Waals surface area contributed by atoms with Crippen LogP contribution in [0.5, 0.6) is 0 Å². The predicted octanol–water partition coefficient (Wildman–Crippen LogP) is 1.65. The van der Waals surface area contributed by atoms with Crippen molar-refractivity contribution in [1.82, 2.24) is 15.1 Å². The zero-order chi connectivity index (χ0) is 15.2. The molecular weight excluding hydrogens is 270 g/mol. The van der Waals surface area contributed by atoms with Gasteiger partial charge in [-0.05, 0) is 12.5 Å². The molecule has 0 aliphatic rings. The van der Waals surface area contributed by atoms with Gasteiger partial charge >= 0.3 is 5.97 Å². The lowest BCUT2D eigenvalue weighted by Gasteiger charge is -2.12. The number of carbonyl (C=O) groups excluding carboxylic acids is 1. The number of rotatable bonds is 7. The minimum Gasteiger partial charge on any atom is -0.481 e. The van der Waals surface area contributed by atoms with Crippen molar-refractivity contribution in [3.05, 3.63) is 30.5 Å². The van der Waals surface area contributed by atoms with Gasteiger partial charge in [-0.25, -0.2) is 0 Å². The van der Waals surface area contributed by atoms with Gasteiger partial charge in [-0.2, -0.15) is 5.10 Å². The molecule has 0 fully saturated rings. The Bertz CT molecular complexity index is 636. The highest BCUT2D eigenvalue weighted by molar-refractivity contribution is 5.82. The average molecular weight is 289 g/mol. The monoisotopic (exact) mass is 289 g/mol. The molecule has 0 bridgehead atoms. The second-order valence-electron chi connectivity index (χ2n) is 4.99. The van der Waals surface area contributed by atoms with Crippen molar-refractivity contribution in [2.75, 3.05) is 6.54 Å². The number of benzene rings is 1. The number of aromatic nitrogens is 2. The van der Waals surface area contributed by atoms with Crippen LogP contribution in [0, 0.1) is 5.92 Å². The number of hydrogen-bond donors (Lipinski definition) is 2. The van der Waals surface area contributed by atoms with Gasteiger partial charge in [0.15, 0.2) is 0 Å². The Kier molecular flexibility index (Phi) is 4.92. The highest BCUT2D eigenvalue weighted by atomic mass is 16.4. The maximum Gasteiger partial charge on any atom is 0.308 e. The minimum absolute atomic E-state index is 0.0893. The molecule has 2 N–H and O–H groups in total. The van der Waals surface area contributed by atoms with Crippen molar-refractivity contribution in [1.29, 1.82) is 0 Å². The topological polar surface area (TPSA) is 84.2 Å². The number of nitrogens with one attached hydrogen (secondary N) is 1. The molecule has 0 aliphatic carbocycles. The molecule has 2 rings (SSSR count). The first kappa shape index (κ1) is 15.0. The van der Waals surface area contributed by atoms with E-state index in [0.717, 1.165) is 17.3 Å². The summed E-state index contributed by atoms with van der Waals surface area (Å²) in [4.78, 5) is 22.9. The minimum atomic E-state index is -0.873. The first-order chi connectivity index (χ1) is 10.1. The van der Waals surface area contributed by atoms with Crippen LogP contribution in [0.25, 0.3) is 10.9 Å².